The maximum absolute atomic E-state index is 11.4. The van der Waals surface area contributed by atoms with Crippen molar-refractivity contribution in [2.24, 2.45) is 0 Å². The highest BCUT2D eigenvalue weighted by Crippen LogP contribution is 2.44. The summed E-state index contributed by atoms with van der Waals surface area (Å²) in [6.07, 6.45) is 6.33. The van der Waals surface area contributed by atoms with Crippen molar-refractivity contribution in [2.75, 3.05) is 0 Å². The number of nitrogens with zero attached hydrogens (tertiary/aromatic N) is 2. The second kappa shape index (κ2) is 8.56. The van der Waals surface area contributed by atoms with Gasteiger partial charge in [0.2, 0.25) is 0 Å². The lowest BCUT2D eigenvalue weighted by atomic mass is 10.0. The summed E-state index contributed by atoms with van der Waals surface area (Å²) in [5.41, 5.74) is 1.60. The van der Waals surface area contributed by atoms with Crippen molar-refractivity contribution in [3.63, 3.8) is 0 Å². The minimum absolute atomic E-state index is 0.149. The number of furan rings is 1. The van der Waals surface area contributed by atoms with E-state index in [0.29, 0.717) is 27.5 Å². The number of carboxylic acids is 1. The second-order valence-electron chi connectivity index (χ2n) is 8.17. The number of hydrogen-bond donors (Lipinski definition) is 2. The molecule has 1 aromatic carbocycles. The van der Waals surface area contributed by atoms with Crippen LogP contribution < -0.4 is 5.32 Å². The summed E-state index contributed by atoms with van der Waals surface area (Å²) >= 11 is 12.1. The second-order valence-corrected chi connectivity index (χ2v) is 8.97. The average Bonchev–Trinajstić information content (AvgIpc) is 3.54. The molecule has 2 aliphatic rings. The SMILES string of the molecule is O=C(O)c1ccc(Cl)c(-c2ccc(C3C(c4ccccn4)NC(=S)N3C3CCCC3)o2)c1. The maximum atomic E-state index is 11.4. The molecule has 2 aromatic heterocycles. The standard InChI is InChI=1S/C24H22ClN3O3S/c25-17-9-8-14(23(29)30)13-16(17)19-10-11-20(31-19)22-21(18-7-3-4-12-26-18)27-24(32)28(22)15-5-1-2-6-15/h3-4,7-13,15,21-22H,1-2,5-6H2,(H,27,32)(H,29,30). The number of halogens is 1. The minimum atomic E-state index is -1.01. The third-order valence-electron chi connectivity index (χ3n) is 6.25. The molecule has 1 aliphatic carbocycles. The first-order valence-corrected chi connectivity index (χ1v) is 11.4. The van der Waals surface area contributed by atoms with Gasteiger partial charge in [-0.1, -0.05) is 30.5 Å². The zero-order valence-corrected chi connectivity index (χ0v) is 18.8. The monoisotopic (exact) mass is 467 g/mol. The molecule has 0 radical (unpaired) electrons. The third-order valence-corrected chi connectivity index (χ3v) is 6.91. The number of aromatic carboxylic acids is 1. The molecule has 1 saturated carbocycles. The van der Waals surface area contributed by atoms with E-state index >= 15 is 0 Å². The lowest BCUT2D eigenvalue weighted by Gasteiger charge is -2.31. The van der Waals surface area contributed by atoms with Gasteiger partial charge in [0.05, 0.1) is 22.3 Å². The van der Waals surface area contributed by atoms with Gasteiger partial charge in [0, 0.05) is 17.8 Å². The van der Waals surface area contributed by atoms with Gasteiger partial charge in [-0.2, -0.15) is 0 Å². The topological polar surface area (TPSA) is 78.6 Å². The molecule has 1 saturated heterocycles. The van der Waals surface area contributed by atoms with Crippen LogP contribution in [-0.4, -0.2) is 32.1 Å². The summed E-state index contributed by atoms with van der Waals surface area (Å²) in [6, 6.07) is 14.3. The Labute approximate surface area is 196 Å². The van der Waals surface area contributed by atoms with Crippen molar-refractivity contribution in [1.29, 1.82) is 0 Å². The highest BCUT2D eigenvalue weighted by atomic mass is 35.5. The predicted molar refractivity (Wildman–Crippen MR) is 126 cm³/mol. The molecule has 6 nitrogen and oxygen atoms in total. The smallest absolute Gasteiger partial charge is 0.335 e. The Morgan fingerprint density at radius 1 is 1.19 bits per heavy atom. The van der Waals surface area contributed by atoms with Gasteiger partial charge in [0.15, 0.2) is 5.11 Å². The summed E-state index contributed by atoms with van der Waals surface area (Å²) in [4.78, 5) is 18.3. The predicted octanol–water partition coefficient (Wildman–Crippen LogP) is 5.61. The van der Waals surface area contributed by atoms with Crippen LogP contribution in [0.4, 0.5) is 0 Å². The lowest BCUT2D eigenvalue weighted by molar-refractivity contribution is 0.0697. The number of nitrogens with one attached hydrogen (secondary N) is 1. The zero-order chi connectivity index (χ0) is 22.2. The van der Waals surface area contributed by atoms with Crippen LogP contribution >= 0.6 is 23.8 Å². The summed E-state index contributed by atoms with van der Waals surface area (Å²) < 4.78 is 6.31. The van der Waals surface area contributed by atoms with Crippen LogP contribution in [0.1, 0.15) is 59.6 Å². The van der Waals surface area contributed by atoms with Gasteiger partial charge < -0.3 is 19.7 Å². The van der Waals surface area contributed by atoms with Gasteiger partial charge in [-0.15, -0.1) is 0 Å². The van der Waals surface area contributed by atoms with Crippen molar-refractivity contribution in [1.82, 2.24) is 15.2 Å². The third kappa shape index (κ3) is 3.76. The molecule has 164 valence electrons. The van der Waals surface area contributed by atoms with E-state index in [-0.39, 0.29) is 17.6 Å². The van der Waals surface area contributed by atoms with E-state index in [9.17, 15) is 9.90 Å². The molecule has 3 heterocycles. The minimum Gasteiger partial charge on any atom is -0.478 e. The van der Waals surface area contributed by atoms with Crippen LogP contribution in [0.15, 0.2) is 59.1 Å². The first-order chi connectivity index (χ1) is 15.5. The van der Waals surface area contributed by atoms with Crippen molar-refractivity contribution >= 4 is 34.9 Å². The van der Waals surface area contributed by atoms with Crippen molar-refractivity contribution < 1.29 is 14.3 Å². The average molecular weight is 468 g/mol. The Kier molecular flexibility index (Phi) is 5.61. The van der Waals surface area contributed by atoms with Gasteiger partial charge >= 0.3 is 5.97 Å². The van der Waals surface area contributed by atoms with Crippen LogP contribution in [0.3, 0.4) is 0 Å². The van der Waals surface area contributed by atoms with Crippen LogP contribution in [0.25, 0.3) is 11.3 Å². The van der Waals surface area contributed by atoms with Gasteiger partial charge in [0.1, 0.15) is 17.6 Å². The zero-order valence-electron chi connectivity index (χ0n) is 17.2. The molecule has 0 spiro atoms. The fourth-order valence-corrected chi connectivity index (χ4v) is 5.35. The van der Waals surface area contributed by atoms with Crippen LogP contribution in [0, 0.1) is 0 Å². The van der Waals surface area contributed by atoms with Crippen LogP contribution in [0.5, 0.6) is 0 Å². The maximum Gasteiger partial charge on any atom is 0.335 e. The van der Waals surface area contributed by atoms with Gasteiger partial charge in [-0.05, 0) is 67.5 Å². The molecule has 32 heavy (non-hydrogen) atoms. The van der Waals surface area contributed by atoms with Crippen LogP contribution in [0.2, 0.25) is 5.02 Å². The highest BCUT2D eigenvalue weighted by Gasteiger charge is 2.45. The summed E-state index contributed by atoms with van der Waals surface area (Å²) in [7, 11) is 0. The number of thiocarbonyl (C=S) groups is 1. The summed E-state index contributed by atoms with van der Waals surface area (Å²) in [5, 5.41) is 14.0. The molecular weight excluding hydrogens is 446 g/mol. The molecule has 2 unspecified atom stereocenters. The largest absolute Gasteiger partial charge is 0.478 e. The molecule has 8 heteroatoms. The van der Waals surface area contributed by atoms with E-state index in [1.165, 1.54) is 25.0 Å². The summed E-state index contributed by atoms with van der Waals surface area (Å²) in [6.45, 7) is 0. The summed E-state index contributed by atoms with van der Waals surface area (Å²) in [5.74, 6) is 0.256. The molecule has 2 N–H and O–H groups in total. The molecule has 3 aromatic rings. The Morgan fingerprint density at radius 2 is 2.00 bits per heavy atom. The number of pyridine rings is 1. The number of hydrogen-bond acceptors (Lipinski definition) is 4. The quantitative estimate of drug-likeness (QED) is 0.472. The Balaban J connectivity index is 1.56. The molecule has 1 aliphatic heterocycles. The Bertz CT molecular complexity index is 1160. The fourth-order valence-electron chi connectivity index (χ4n) is 4.75. The first-order valence-electron chi connectivity index (χ1n) is 10.7. The first kappa shape index (κ1) is 21.0. The molecule has 2 atom stereocenters. The number of carbonyl (C=O) groups is 1. The van der Waals surface area contributed by atoms with E-state index < -0.39 is 5.97 Å². The van der Waals surface area contributed by atoms with E-state index in [0.717, 1.165) is 24.3 Å². The van der Waals surface area contributed by atoms with E-state index in [1.54, 1.807) is 12.3 Å². The molecule has 2 fully saturated rings. The van der Waals surface area contributed by atoms with E-state index in [4.69, 9.17) is 28.2 Å². The van der Waals surface area contributed by atoms with Crippen molar-refractivity contribution in [2.45, 2.75) is 43.8 Å². The Morgan fingerprint density at radius 3 is 2.72 bits per heavy atom. The molecule has 5 rings (SSSR count). The number of rotatable bonds is 5. The fraction of sp³-hybridized carbons (Fsp3) is 0.292. The van der Waals surface area contributed by atoms with Crippen molar-refractivity contribution in [3.8, 4) is 11.3 Å². The Hall–Kier alpha value is -2.90. The van der Waals surface area contributed by atoms with Gasteiger partial charge in [-0.25, -0.2) is 4.79 Å². The number of aromatic nitrogens is 1. The van der Waals surface area contributed by atoms with Gasteiger partial charge in [0.25, 0.3) is 0 Å². The highest BCUT2D eigenvalue weighted by molar-refractivity contribution is 7.80. The van der Waals surface area contributed by atoms with Gasteiger partial charge in [-0.3, -0.25) is 4.98 Å². The molecule has 0 amide bonds. The lowest BCUT2D eigenvalue weighted by Crippen LogP contribution is -2.37. The molecular formula is C24H22ClN3O3S. The number of benzene rings is 1. The van der Waals surface area contributed by atoms with Crippen molar-refractivity contribution in [3.05, 3.63) is 76.8 Å². The normalized spacial score (nSPS) is 21.2. The van der Waals surface area contributed by atoms with E-state index in [1.807, 2.05) is 30.3 Å². The number of carboxylic acid groups (broad SMARTS) is 1. The van der Waals surface area contributed by atoms with Crippen LogP contribution in [-0.2, 0) is 0 Å². The van der Waals surface area contributed by atoms with E-state index in [2.05, 4.69) is 15.2 Å². The molecule has 0 bridgehead atoms.